The summed E-state index contributed by atoms with van der Waals surface area (Å²) in [6, 6.07) is 0. The van der Waals surface area contributed by atoms with E-state index in [1.54, 1.807) is 0 Å². The molecule has 0 spiro atoms. The van der Waals surface area contributed by atoms with Gasteiger partial charge >= 0.3 is 12.0 Å². The lowest BCUT2D eigenvalue weighted by Crippen LogP contribution is -2.20. The number of carbonyl (C=O) groups excluding carboxylic acids is 1. The molecule has 2 rings (SSSR count). The second-order valence-corrected chi connectivity index (χ2v) is 3.71. The van der Waals surface area contributed by atoms with Crippen molar-refractivity contribution in [3.63, 3.8) is 0 Å². The van der Waals surface area contributed by atoms with Crippen molar-refractivity contribution in [3.05, 3.63) is 21.5 Å². The van der Waals surface area contributed by atoms with Crippen molar-refractivity contribution in [1.29, 1.82) is 0 Å². The maximum absolute atomic E-state index is 11.0. The second kappa shape index (κ2) is 4.61. The second-order valence-electron chi connectivity index (χ2n) is 3.71. The summed E-state index contributed by atoms with van der Waals surface area (Å²) in [4.78, 5) is 25.1. The van der Waals surface area contributed by atoms with Gasteiger partial charge in [0, 0.05) is 7.05 Å². The zero-order chi connectivity index (χ0) is 13.3. The van der Waals surface area contributed by atoms with Gasteiger partial charge in [-0.2, -0.15) is 0 Å². The smallest absolute Gasteiger partial charge is 0.435 e. The van der Waals surface area contributed by atoms with Crippen LogP contribution >= 0.6 is 0 Å². The molecule has 1 aromatic heterocycles. The fraction of sp³-hybridized carbons (Fsp3) is 0.556. The van der Waals surface area contributed by atoms with E-state index in [1.165, 1.54) is 18.7 Å². The number of nitrogens with zero attached hydrogens (tertiary/aromatic N) is 3. The standard InChI is InChI=1S/C9H12N4O5/c1-10-9(14)18-3-5-7(6-4-17-6)11-8(12(5)2)13(15)16/h6H,3-4H2,1-2H3,(H,10,14). The lowest BCUT2D eigenvalue weighted by atomic mass is 10.2. The quantitative estimate of drug-likeness (QED) is 0.469. The highest BCUT2D eigenvalue weighted by Gasteiger charge is 2.38. The molecule has 1 atom stereocenters. The summed E-state index contributed by atoms with van der Waals surface area (Å²) in [5.74, 6) is -0.295. The van der Waals surface area contributed by atoms with Gasteiger partial charge in [0.05, 0.1) is 13.7 Å². The Kier molecular flexibility index (Phi) is 3.15. The molecule has 1 aromatic rings. The predicted octanol–water partition coefficient (Wildman–Crippen LogP) is 0.256. The number of hydrogen-bond donors (Lipinski definition) is 1. The van der Waals surface area contributed by atoms with Gasteiger partial charge in [-0.25, -0.2) is 9.36 Å². The summed E-state index contributed by atoms with van der Waals surface area (Å²) in [5.41, 5.74) is 0.918. The van der Waals surface area contributed by atoms with Crippen molar-refractivity contribution >= 4 is 12.0 Å². The highest BCUT2D eigenvalue weighted by Crippen LogP contribution is 2.33. The average Bonchev–Trinajstić information content (AvgIpc) is 3.11. The number of alkyl carbamates (subject to hydrolysis) is 1. The number of carbonyl (C=O) groups is 1. The van der Waals surface area contributed by atoms with Gasteiger partial charge in [-0.3, -0.25) is 0 Å². The van der Waals surface area contributed by atoms with Crippen LogP contribution in [0.3, 0.4) is 0 Å². The van der Waals surface area contributed by atoms with Crippen LogP contribution in [-0.4, -0.2) is 34.2 Å². The van der Waals surface area contributed by atoms with E-state index in [2.05, 4.69) is 10.3 Å². The van der Waals surface area contributed by atoms with E-state index < -0.39 is 11.0 Å². The Hall–Kier alpha value is -2.16. The minimum absolute atomic E-state index is 0.0911. The SMILES string of the molecule is CNC(=O)OCc1c(C2CO2)nc([N+](=O)[O-])n1C. The minimum atomic E-state index is -0.610. The van der Waals surface area contributed by atoms with E-state index in [0.717, 1.165) is 0 Å². The fourth-order valence-electron chi connectivity index (χ4n) is 1.54. The van der Waals surface area contributed by atoms with Gasteiger partial charge in [-0.05, 0) is 4.92 Å². The number of hydrogen-bond acceptors (Lipinski definition) is 6. The average molecular weight is 256 g/mol. The summed E-state index contributed by atoms with van der Waals surface area (Å²) in [5, 5.41) is 13.1. The van der Waals surface area contributed by atoms with E-state index >= 15 is 0 Å². The van der Waals surface area contributed by atoms with E-state index in [0.29, 0.717) is 18.0 Å². The number of rotatable bonds is 4. The fourth-order valence-corrected chi connectivity index (χ4v) is 1.54. The molecule has 0 saturated carbocycles. The Labute approximate surface area is 102 Å². The molecular weight excluding hydrogens is 244 g/mol. The van der Waals surface area contributed by atoms with Crippen LogP contribution in [0.4, 0.5) is 10.7 Å². The van der Waals surface area contributed by atoms with Gasteiger partial charge in [-0.15, -0.1) is 0 Å². The number of amides is 1. The molecule has 0 aromatic carbocycles. The van der Waals surface area contributed by atoms with Gasteiger partial charge < -0.3 is 24.9 Å². The number of ether oxygens (including phenoxy) is 2. The molecule has 1 aliphatic rings. The molecule has 1 unspecified atom stereocenters. The summed E-state index contributed by atoms with van der Waals surface area (Å²) in [6.07, 6.45) is -0.852. The Morgan fingerprint density at radius 2 is 2.44 bits per heavy atom. The Bertz CT molecular complexity index is 493. The molecule has 2 heterocycles. The Balaban J connectivity index is 2.25. The van der Waals surface area contributed by atoms with Crippen molar-refractivity contribution in [2.24, 2.45) is 7.05 Å². The van der Waals surface area contributed by atoms with Crippen molar-refractivity contribution in [2.75, 3.05) is 13.7 Å². The van der Waals surface area contributed by atoms with Crippen LogP contribution in [0, 0.1) is 10.1 Å². The molecular formula is C9H12N4O5. The lowest BCUT2D eigenvalue weighted by molar-refractivity contribution is -0.396. The lowest BCUT2D eigenvalue weighted by Gasteiger charge is -2.03. The third-order valence-electron chi connectivity index (χ3n) is 2.57. The Morgan fingerprint density at radius 1 is 1.78 bits per heavy atom. The summed E-state index contributed by atoms with van der Waals surface area (Å²) >= 11 is 0. The van der Waals surface area contributed by atoms with Crippen LogP contribution in [0.25, 0.3) is 0 Å². The van der Waals surface area contributed by atoms with Crippen molar-refractivity contribution in [3.8, 4) is 0 Å². The minimum Gasteiger partial charge on any atom is -0.441 e. The first-order valence-electron chi connectivity index (χ1n) is 5.20. The van der Waals surface area contributed by atoms with Crippen LogP contribution < -0.4 is 5.32 Å². The predicted molar refractivity (Wildman–Crippen MR) is 57.8 cm³/mol. The number of nitro groups is 1. The van der Waals surface area contributed by atoms with Gasteiger partial charge in [0.15, 0.2) is 18.0 Å². The number of nitrogens with one attached hydrogen (secondary N) is 1. The molecule has 18 heavy (non-hydrogen) atoms. The molecule has 1 aliphatic heterocycles. The number of aromatic nitrogens is 2. The van der Waals surface area contributed by atoms with Gasteiger partial charge in [0.1, 0.15) is 6.10 Å². The maximum Gasteiger partial charge on any atom is 0.435 e. The van der Waals surface area contributed by atoms with Crippen LogP contribution in [0.5, 0.6) is 0 Å². The monoisotopic (exact) mass is 256 g/mol. The van der Waals surface area contributed by atoms with Gasteiger partial charge in [0.2, 0.25) is 0 Å². The normalized spacial score (nSPS) is 17.3. The summed E-state index contributed by atoms with van der Waals surface area (Å²) < 4.78 is 11.2. The third kappa shape index (κ3) is 2.25. The summed E-state index contributed by atoms with van der Waals surface area (Å²) in [7, 11) is 2.93. The van der Waals surface area contributed by atoms with Crippen molar-refractivity contribution < 1.29 is 19.2 Å². The first-order chi connectivity index (χ1) is 8.54. The molecule has 0 radical (unpaired) electrons. The first-order valence-corrected chi connectivity index (χ1v) is 5.20. The van der Waals surface area contributed by atoms with Crippen LogP contribution in [0.2, 0.25) is 0 Å². The highest BCUT2D eigenvalue weighted by atomic mass is 16.6. The van der Waals surface area contributed by atoms with E-state index in [9.17, 15) is 14.9 Å². The van der Waals surface area contributed by atoms with Crippen LogP contribution in [0.15, 0.2) is 0 Å². The largest absolute Gasteiger partial charge is 0.441 e. The Morgan fingerprint density at radius 3 is 2.94 bits per heavy atom. The topological polar surface area (TPSA) is 112 Å². The van der Waals surface area contributed by atoms with E-state index in [-0.39, 0.29) is 18.7 Å². The van der Waals surface area contributed by atoms with Gasteiger partial charge in [0.25, 0.3) is 0 Å². The van der Waals surface area contributed by atoms with Gasteiger partial charge in [-0.1, -0.05) is 4.98 Å². The summed E-state index contributed by atoms with van der Waals surface area (Å²) in [6.45, 7) is 0.382. The molecule has 9 nitrogen and oxygen atoms in total. The third-order valence-corrected chi connectivity index (χ3v) is 2.57. The number of imidazole rings is 1. The zero-order valence-electron chi connectivity index (χ0n) is 9.87. The zero-order valence-corrected chi connectivity index (χ0v) is 9.87. The van der Waals surface area contributed by atoms with Crippen LogP contribution in [0.1, 0.15) is 17.5 Å². The molecule has 0 bridgehead atoms. The molecule has 9 heteroatoms. The molecule has 1 amide bonds. The van der Waals surface area contributed by atoms with Crippen molar-refractivity contribution in [1.82, 2.24) is 14.9 Å². The van der Waals surface area contributed by atoms with Crippen LogP contribution in [-0.2, 0) is 23.1 Å². The highest BCUT2D eigenvalue weighted by molar-refractivity contribution is 5.66. The first kappa shape index (κ1) is 12.3. The molecule has 1 N–H and O–H groups in total. The van der Waals surface area contributed by atoms with E-state index in [4.69, 9.17) is 9.47 Å². The number of epoxide rings is 1. The van der Waals surface area contributed by atoms with Crippen molar-refractivity contribution in [2.45, 2.75) is 12.7 Å². The molecule has 0 aliphatic carbocycles. The molecule has 1 saturated heterocycles. The molecule has 98 valence electrons. The maximum atomic E-state index is 11.0. The molecule has 1 fully saturated rings. The van der Waals surface area contributed by atoms with E-state index in [1.807, 2.05) is 0 Å².